The zero-order chi connectivity index (χ0) is 17.2. The quantitative estimate of drug-likeness (QED) is 0.858. The van der Waals surface area contributed by atoms with Gasteiger partial charge in [0.2, 0.25) is 5.91 Å². The summed E-state index contributed by atoms with van der Waals surface area (Å²) in [7, 11) is 0. The molecule has 1 aromatic carbocycles. The van der Waals surface area contributed by atoms with E-state index in [0.717, 1.165) is 6.42 Å². The van der Waals surface area contributed by atoms with Crippen molar-refractivity contribution in [3.8, 4) is 0 Å². The Morgan fingerprint density at radius 2 is 2.17 bits per heavy atom. The standard InChI is InChI=1S/C18H23N3O3/c1-3-18(2)12-24-11-10-21(18)16(22)8-9-20-13-19-15-7-5-4-6-14(15)17(20)23/h4-7,13H,3,8-12H2,1-2H3. The Balaban J connectivity index is 1.75. The van der Waals surface area contributed by atoms with Crippen LogP contribution in [0.1, 0.15) is 26.7 Å². The smallest absolute Gasteiger partial charge is 0.261 e. The lowest BCUT2D eigenvalue weighted by molar-refractivity contribution is -0.148. The lowest BCUT2D eigenvalue weighted by Crippen LogP contribution is -2.57. The number of carbonyl (C=O) groups excluding carboxylic acids is 1. The molecule has 6 heteroatoms. The first-order valence-electron chi connectivity index (χ1n) is 8.37. The van der Waals surface area contributed by atoms with Crippen molar-refractivity contribution in [2.45, 2.75) is 38.8 Å². The number of nitrogens with zero attached hydrogens (tertiary/aromatic N) is 3. The molecule has 128 valence electrons. The minimum absolute atomic E-state index is 0.0581. The van der Waals surface area contributed by atoms with Crippen LogP contribution in [0.5, 0.6) is 0 Å². The summed E-state index contributed by atoms with van der Waals surface area (Å²) in [5, 5.41) is 0.581. The molecular weight excluding hydrogens is 306 g/mol. The number of morpholine rings is 1. The van der Waals surface area contributed by atoms with E-state index in [1.165, 1.54) is 10.9 Å². The molecule has 6 nitrogen and oxygen atoms in total. The molecule has 2 heterocycles. The summed E-state index contributed by atoms with van der Waals surface area (Å²) in [4.78, 5) is 31.3. The molecule has 2 aromatic rings. The van der Waals surface area contributed by atoms with Gasteiger partial charge in [-0.05, 0) is 25.5 Å². The van der Waals surface area contributed by atoms with Crippen LogP contribution >= 0.6 is 0 Å². The van der Waals surface area contributed by atoms with Crippen molar-refractivity contribution in [2.24, 2.45) is 0 Å². The Hall–Kier alpha value is -2.21. The van der Waals surface area contributed by atoms with Gasteiger partial charge in [0.15, 0.2) is 0 Å². The second-order valence-corrected chi connectivity index (χ2v) is 6.46. The van der Waals surface area contributed by atoms with Gasteiger partial charge in [-0.15, -0.1) is 0 Å². The van der Waals surface area contributed by atoms with Crippen molar-refractivity contribution in [2.75, 3.05) is 19.8 Å². The zero-order valence-corrected chi connectivity index (χ0v) is 14.2. The third-order valence-corrected chi connectivity index (χ3v) is 4.88. The van der Waals surface area contributed by atoms with Crippen LogP contribution in [0.15, 0.2) is 35.4 Å². The number of aromatic nitrogens is 2. The highest BCUT2D eigenvalue weighted by atomic mass is 16.5. The van der Waals surface area contributed by atoms with Crippen molar-refractivity contribution in [3.05, 3.63) is 40.9 Å². The summed E-state index contributed by atoms with van der Waals surface area (Å²) in [5.41, 5.74) is 0.313. The van der Waals surface area contributed by atoms with E-state index < -0.39 is 0 Å². The summed E-state index contributed by atoms with van der Waals surface area (Å²) >= 11 is 0. The molecule has 0 aliphatic carbocycles. The van der Waals surface area contributed by atoms with Gasteiger partial charge >= 0.3 is 0 Å². The maximum atomic E-state index is 12.7. The summed E-state index contributed by atoms with van der Waals surface area (Å²) in [5.74, 6) is 0.0581. The molecule has 1 fully saturated rings. The second kappa shape index (κ2) is 6.73. The average molecular weight is 329 g/mol. The highest BCUT2D eigenvalue weighted by molar-refractivity contribution is 5.78. The molecule has 0 saturated carbocycles. The number of hydrogen-bond acceptors (Lipinski definition) is 4. The number of carbonyl (C=O) groups is 1. The minimum Gasteiger partial charge on any atom is -0.377 e. The average Bonchev–Trinajstić information content (AvgIpc) is 2.61. The molecule has 1 atom stereocenters. The van der Waals surface area contributed by atoms with Crippen molar-refractivity contribution in [1.29, 1.82) is 0 Å². The van der Waals surface area contributed by atoms with Gasteiger partial charge < -0.3 is 9.64 Å². The van der Waals surface area contributed by atoms with Crippen LogP contribution < -0.4 is 5.56 Å². The Labute approximate surface area is 141 Å². The molecule has 0 radical (unpaired) electrons. The van der Waals surface area contributed by atoms with Gasteiger partial charge in [0.05, 0.1) is 36.0 Å². The fourth-order valence-electron chi connectivity index (χ4n) is 3.13. The topological polar surface area (TPSA) is 64.4 Å². The first-order valence-corrected chi connectivity index (χ1v) is 8.37. The monoisotopic (exact) mass is 329 g/mol. The molecule has 1 unspecified atom stereocenters. The van der Waals surface area contributed by atoms with Gasteiger partial charge in [0, 0.05) is 19.5 Å². The summed E-state index contributed by atoms with van der Waals surface area (Å²) in [6.45, 7) is 6.19. The summed E-state index contributed by atoms with van der Waals surface area (Å²) in [6, 6.07) is 7.25. The van der Waals surface area contributed by atoms with Gasteiger partial charge in [-0.25, -0.2) is 4.98 Å². The maximum absolute atomic E-state index is 12.7. The first-order chi connectivity index (χ1) is 11.5. The third kappa shape index (κ3) is 3.06. The highest BCUT2D eigenvalue weighted by Crippen LogP contribution is 2.24. The Morgan fingerprint density at radius 3 is 2.96 bits per heavy atom. The lowest BCUT2D eigenvalue weighted by Gasteiger charge is -2.44. The second-order valence-electron chi connectivity index (χ2n) is 6.46. The molecule has 1 amide bonds. The normalized spacial score (nSPS) is 21.2. The van der Waals surface area contributed by atoms with E-state index in [1.54, 1.807) is 6.07 Å². The Bertz CT molecular complexity index is 801. The molecule has 1 saturated heterocycles. The van der Waals surface area contributed by atoms with E-state index in [4.69, 9.17) is 4.74 Å². The van der Waals surface area contributed by atoms with Gasteiger partial charge in [-0.3, -0.25) is 14.2 Å². The number of ether oxygens (including phenoxy) is 1. The summed E-state index contributed by atoms with van der Waals surface area (Å²) < 4.78 is 7.05. The predicted molar refractivity (Wildman–Crippen MR) is 91.8 cm³/mol. The molecular formula is C18H23N3O3. The van der Waals surface area contributed by atoms with Crippen molar-refractivity contribution in [3.63, 3.8) is 0 Å². The zero-order valence-electron chi connectivity index (χ0n) is 14.2. The fourth-order valence-corrected chi connectivity index (χ4v) is 3.13. The lowest BCUT2D eigenvalue weighted by atomic mass is 9.95. The number of para-hydroxylation sites is 1. The van der Waals surface area contributed by atoms with Gasteiger partial charge in [-0.2, -0.15) is 0 Å². The number of aryl methyl sites for hydroxylation is 1. The molecule has 3 rings (SSSR count). The summed E-state index contributed by atoms with van der Waals surface area (Å²) in [6.07, 6.45) is 2.65. The number of hydrogen-bond donors (Lipinski definition) is 0. The largest absolute Gasteiger partial charge is 0.377 e. The number of amides is 1. The molecule has 0 spiro atoms. The van der Waals surface area contributed by atoms with E-state index in [-0.39, 0.29) is 23.4 Å². The van der Waals surface area contributed by atoms with Crippen LogP contribution in [0, 0.1) is 0 Å². The van der Waals surface area contributed by atoms with Gasteiger partial charge in [0.1, 0.15) is 0 Å². The number of rotatable bonds is 4. The van der Waals surface area contributed by atoms with Crippen molar-refractivity contribution < 1.29 is 9.53 Å². The van der Waals surface area contributed by atoms with Crippen LogP contribution in [0.3, 0.4) is 0 Å². The maximum Gasteiger partial charge on any atom is 0.261 e. The van der Waals surface area contributed by atoms with Crippen LogP contribution in [0.4, 0.5) is 0 Å². The Kier molecular flexibility index (Phi) is 4.66. The SMILES string of the molecule is CCC1(C)COCCN1C(=O)CCn1cnc2ccccc2c1=O. The number of benzene rings is 1. The van der Waals surface area contributed by atoms with Gasteiger partial charge in [0.25, 0.3) is 5.56 Å². The molecule has 0 bridgehead atoms. The predicted octanol–water partition coefficient (Wildman–Crippen LogP) is 1.81. The Morgan fingerprint density at radius 1 is 1.38 bits per heavy atom. The van der Waals surface area contributed by atoms with Crippen molar-refractivity contribution >= 4 is 16.8 Å². The molecule has 1 aliphatic rings. The van der Waals surface area contributed by atoms with E-state index in [1.807, 2.05) is 30.0 Å². The molecule has 0 N–H and O–H groups in total. The molecule has 1 aliphatic heterocycles. The highest BCUT2D eigenvalue weighted by Gasteiger charge is 2.36. The van der Waals surface area contributed by atoms with Crippen LogP contribution in [-0.2, 0) is 16.1 Å². The number of fused-ring (bicyclic) bond motifs is 1. The molecule has 24 heavy (non-hydrogen) atoms. The van der Waals surface area contributed by atoms with E-state index >= 15 is 0 Å². The minimum atomic E-state index is -0.262. The molecule has 1 aromatic heterocycles. The van der Waals surface area contributed by atoms with E-state index in [2.05, 4.69) is 11.9 Å². The van der Waals surface area contributed by atoms with Crippen LogP contribution in [0.2, 0.25) is 0 Å². The fraction of sp³-hybridized carbons (Fsp3) is 0.500. The van der Waals surface area contributed by atoms with E-state index in [9.17, 15) is 9.59 Å². The first kappa shape index (κ1) is 16.6. The van der Waals surface area contributed by atoms with Crippen molar-refractivity contribution in [1.82, 2.24) is 14.5 Å². The third-order valence-electron chi connectivity index (χ3n) is 4.88. The van der Waals surface area contributed by atoms with E-state index in [0.29, 0.717) is 37.2 Å². The van der Waals surface area contributed by atoms with Crippen LogP contribution in [-0.4, -0.2) is 45.7 Å². The van der Waals surface area contributed by atoms with Gasteiger partial charge in [-0.1, -0.05) is 19.1 Å². The van der Waals surface area contributed by atoms with Crippen LogP contribution in [0.25, 0.3) is 10.9 Å².